The number of rotatable bonds is 4. The highest BCUT2D eigenvalue weighted by Gasteiger charge is 2.29. The molecule has 1 saturated heterocycles. The van der Waals surface area contributed by atoms with Crippen molar-refractivity contribution in [2.24, 2.45) is 0 Å². The Hall–Kier alpha value is -2.67. The summed E-state index contributed by atoms with van der Waals surface area (Å²) >= 11 is 1.58. The molecule has 0 atom stereocenters. The van der Waals surface area contributed by atoms with Crippen LogP contribution < -0.4 is 0 Å². The molecule has 0 radical (unpaired) electrons. The van der Waals surface area contributed by atoms with E-state index in [9.17, 15) is 9.59 Å². The van der Waals surface area contributed by atoms with Crippen molar-refractivity contribution in [2.45, 2.75) is 56.9 Å². The van der Waals surface area contributed by atoms with E-state index in [4.69, 9.17) is 9.40 Å². The third kappa shape index (κ3) is 4.18. The first kappa shape index (κ1) is 21.2. The number of hydrogen-bond donors (Lipinski definition) is 0. The molecule has 0 spiro atoms. The molecule has 3 aromatic rings. The average molecular weight is 452 g/mol. The Morgan fingerprint density at radius 3 is 2.59 bits per heavy atom. The fourth-order valence-corrected chi connectivity index (χ4v) is 5.93. The Morgan fingerprint density at radius 1 is 1.09 bits per heavy atom. The van der Waals surface area contributed by atoms with Crippen molar-refractivity contribution in [1.82, 2.24) is 14.8 Å². The number of aromatic nitrogens is 1. The van der Waals surface area contributed by atoms with Gasteiger partial charge in [-0.15, -0.1) is 11.3 Å². The number of piperidine rings is 1. The topological polar surface area (TPSA) is 66.7 Å². The van der Waals surface area contributed by atoms with Crippen molar-refractivity contribution < 1.29 is 14.0 Å². The molecule has 0 N–H and O–H groups in total. The average Bonchev–Trinajstić information content (AvgIpc) is 3.51. The van der Waals surface area contributed by atoms with Gasteiger partial charge < -0.3 is 14.2 Å². The minimum atomic E-state index is -0.0521. The normalized spacial score (nSPS) is 18.2. The largest absolute Gasteiger partial charge is 0.451 e. The first-order valence-electron chi connectivity index (χ1n) is 11.6. The van der Waals surface area contributed by atoms with Crippen LogP contribution in [0.25, 0.3) is 11.0 Å². The summed E-state index contributed by atoms with van der Waals surface area (Å²) in [7, 11) is 1.92. The number of benzene rings is 1. The van der Waals surface area contributed by atoms with Gasteiger partial charge in [0.1, 0.15) is 11.3 Å². The lowest BCUT2D eigenvalue weighted by molar-refractivity contribution is 0.0682. The van der Waals surface area contributed by atoms with E-state index in [0.29, 0.717) is 36.5 Å². The number of nitrogens with zero attached hydrogens (tertiary/aromatic N) is 3. The quantitative estimate of drug-likeness (QED) is 0.539. The third-order valence-electron chi connectivity index (χ3n) is 6.95. The Labute approximate surface area is 192 Å². The molecule has 1 saturated carbocycles. The van der Waals surface area contributed by atoms with Crippen LogP contribution in [0, 0.1) is 0 Å². The van der Waals surface area contributed by atoms with Crippen molar-refractivity contribution in [1.29, 1.82) is 0 Å². The molecule has 1 aromatic carbocycles. The van der Waals surface area contributed by atoms with Crippen LogP contribution in [0.15, 0.2) is 40.1 Å². The van der Waals surface area contributed by atoms with Crippen molar-refractivity contribution in [3.63, 3.8) is 0 Å². The summed E-state index contributed by atoms with van der Waals surface area (Å²) in [5.74, 6) is 0.680. The summed E-state index contributed by atoms with van der Waals surface area (Å²) in [5.41, 5.74) is 1.31. The second-order valence-corrected chi connectivity index (χ2v) is 9.88. The van der Waals surface area contributed by atoms with Gasteiger partial charge in [0.15, 0.2) is 5.76 Å². The van der Waals surface area contributed by atoms with Crippen molar-refractivity contribution in [3.05, 3.63) is 52.2 Å². The fraction of sp³-hybridized carbons (Fsp3) is 0.480. The van der Waals surface area contributed by atoms with Gasteiger partial charge in [0, 0.05) is 42.9 Å². The van der Waals surface area contributed by atoms with E-state index in [0.717, 1.165) is 41.7 Å². The molecular formula is C25H29N3O3S. The van der Waals surface area contributed by atoms with Crippen LogP contribution in [0.4, 0.5) is 0 Å². The van der Waals surface area contributed by atoms with E-state index < -0.39 is 0 Å². The van der Waals surface area contributed by atoms with E-state index in [-0.39, 0.29) is 11.8 Å². The maximum Gasteiger partial charge on any atom is 0.289 e. The van der Waals surface area contributed by atoms with Crippen LogP contribution in [-0.4, -0.2) is 52.8 Å². The molecule has 0 bridgehead atoms. The van der Waals surface area contributed by atoms with Crippen LogP contribution >= 0.6 is 11.3 Å². The van der Waals surface area contributed by atoms with E-state index >= 15 is 0 Å². The van der Waals surface area contributed by atoms with Crippen LogP contribution in [0.5, 0.6) is 0 Å². The van der Waals surface area contributed by atoms with Gasteiger partial charge in [-0.2, -0.15) is 0 Å². The minimum absolute atomic E-state index is 0.0388. The van der Waals surface area contributed by atoms with Crippen LogP contribution in [0.1, 0.15) is 76.9 Å². The molecule has 0 unspecified atom stereocenters. The Kier molecular flexibility index (Phi) is 6.00. The maximum atomic E-state index is 12.9. The highest BCUT2D eigenvalue weighted by molar-refractivity contribution is 7.09. The molecule has 5 rings (SSSR count). The monoisotopic (exact) mass is 451 g/mol. The molecule has 1 aliphatic carbocycles. The SMILES string of the molecule is CN(C(=O)c1csc(C2CCN(C(=O)c3cc4ccccc4o3)CC2)n1)C1CCCCC1. The standard InChI is InChI=1S/C25H29N3O3S/c1-27(19-8-3-2-4-9-19)24(29)20-16-32-23(26-20)17-11-13-28(14-12-17)25(30)22-15-18-7-5-6-10-21(18)31-22/h5-7,10,15-17,19H,2-4,8-9,11-14H2,1H3. The van der Waals surface area contributed by atoms with E-state index in [1.54, 1.807) is 11.3 Å². The smallest absolute Gasteiger partial charge is 0.289 e. The Bertz CT molecular complexity index is 1070. The molecular weight excluding hydrogens is 422 g/mol. The van der Waals surface area contributed by atoms with Crippen LogP contribution in [0.3, 0.4) is 0 Å². The zero-order valence-electron chi connectivity index (χ0n) is 18.5. The summed E-state index contributed by atoms with van der Waals surface area (Å²) in [4.78, 5) is 34.3. The molecule has 2 fully saturated rings. The number of likely N-dealkylation sites (tertiary alicyclic amines) is 1. The summed E-state index contributed by atoms with van der Waals surface area (Å²) < 4.78 is 5.75. The van der Waals surface area contributed by atoms with Crippen LogP contribution in [0.2, 0.25) is 0 Å². The number of carbonyl (C=O) groups is 2. The minimum Gasteiger partial charge on any atom is -0.451 e. The second-order valence-electron chi connectivity index (χ2n) is 8.99. The maximum absolute atomic E-state index is 12.9. The molecule has 2 aliphatic rings. The number of amides is 2. The van der Waals surface area contributed by atoms with Crippen LogP contribution in [-0.2, 0) is 0 Å². The molecule has 32 heavy (non-hydrogen) atoms. The number of hydrogen-bond acceptors (Lipinski definition) is 5. The second kappa shape index (κ2) is 9.06. The lowest BCUT2D eigenvalue weighted by Crippen LogP contribution is -2.38. The van der Waals surface area contributed by atoms with Gasteiger partial charge in [0.2, 0.25) is 0 Å². The number of para-hydroxylation sites is 1. The summed E-state index contributed by atoms with van der Waals surface area (Å²) in [6.45, 7) is 1.34. The zero-order chi connectivity index (χ0) is 22.1. The highest BCUT2D eigenvalue weighted by atomic mass is 32.1. The molecule has 3 heterocycles. The van der Waals surface area contributed by atoms with Gasteiger partial charge in [-0.3, -0.25) is 9.59 Å². The molecule has 2 aromatic heterocycles. The summed E-state index contributed by atoms with van der Waals surface area (Å²) in [5, 5.41) is 3.87. The van der Waals surface area contributed by atoms with Gasteiger partial charge in [0.25, 0.3) is 11.8 Å². The van der Waals surface area contributed by atoms with Gasteiger partial charge in [-0.05, 0) is 37.8 Å². The predicted molar refractivity (Wildman–Crippen MR) is 125 cm³/mol. The Balaban J connectivity index is 1.19. The number of thiazole rings is 1. The lowest BCUT2D eigenvalue weighted by atomic mass is 9.94. The Morgan fingerprint density at radius 2 is 1.84 bits per heavy atom. The van der Waals surface area contributed by atoms with E-state index in [1.807, 2.05) is 52.6 Å². The molecule has 1 aliphatic heterocycles. The first-order valence-corrected chi connectivity index (χ1v) is 12.5. The summed E-state index contributed by atoms with van der Waals surface area (Å²) in [6, 6.07) is 9.85. The first-order chi connectivity index (χ1) is 15.6. The molecule has 2 amide bonds. The van der Waals surface area contributed by atoms with Gasteiger partial charge >= 0.3 is 0 Å². The van der Waals surface area contributed by atoms with Gasteiger partial charge in [-0.25, -0.2) is 4.98 Å². The third-order valence-corrected chi connectivity index (χ3v) is 7.96. The molecule has 7 heteroatoms. The highest BCUT2D eigenvalue weighted by Crippen LogP contribution is 2.32. The predicted octanol–water partition coefficient (Wildman–Crippen LogP) is 5.31. The lowest BCUT2D eigenvalue weighted by Gasteiger charge is -2.31. The fourth-order valence-electron chi connectivity index (χ4n) is 4.96. The number of furan rings is 1. The van der Waals surface area contributed by atoms with E-state index in [2.05, 4.69) is 0 Å². The van der Waals surface area contributed by atoms with Crippen molar-refractivity contribution in [2.75, 3.05) is 20.1 Å². The van der Waals surface area contributed by atoms with Gasteiger partial charge in [0.05, 0.1) is 5.01 Å². The van der Waals surface area contributed by atoms with Crippen molar-refractivity contribution >= 4 is 34.1 Å². The summed E-state index contributed by atoms with van der Waals surface area (Å²) in [6.07, 6.45) is 7.58. The van der Waals surface area contributed by atoms with Gasteiger partial charge in [-0.1, -0.05) is 37.5 Å². The molecule has 168 valence electrons. The molecule has 6 nitrogen and oxygen atoms in total. The van der Waals surface area contributed by atoms with E-state index in [1.165, 1.54) is 19.3 Å². The number of fused-ring (bicyclic) bond motifs is 1. The zero-order valence-corrected chi connectivity index (χ0v) is 19.3. The van der Waals surface area contributed by atoms with Crippen molar-refractivity contribution in [3.8, 4) is 0 Å². The number of carbonyl (C=O) groups excluding carboxylic acids is 2.